The van der Waals surface area contributed by atoms with Gasteiger partial charge in [0.05, 0.1) is 12.6 Å². The molecule has 126 valence electrons. The number of ether oxygens (including phenoxy) is 1. The highest BCUT2D eigenvalue weighted by Crippen LogP contribution is 2.48. The fourth-order valence-electron chi connectivity index (χ4n) is 4.48. The molecule has 2 aliphatic heterocycles. The van der Waals surface area contributed by atoms with Gasteiger partial charge in [0.25, 0.3) is 0 Å². The van der Waals surface area contributed by atoms with Crippen LogP contribution < -0.4 is 4.74 Å². The van der Waals surface area contributed by atoms with Crippen LogP contribution in [0.2, 0.25) is 0 Å². The third-order valence-electron chi connectivity index (χ3n) is 5.85. The Balaban J connectivity index is 1.92. The molecule has 0 N–H and O–H groups in total. The van der Waals surface area contributed by atoms with Crippen LogP contribution in [0.1, 0.15) is 45.1 Å². The molecule has 0 aliphatic carbocycles. The molecular weight excluding hydrogens is 291 g/mol. The van der Waals surface area contributed by atoms with Gasteiger partial charge in [-0.2, -0.15) is 0 Å². The van der Waals surface area contributed by atoms with Crippen molar-refractivity contribution in [2.45, 2.75) is 63.3 Å². The van der Waals surface area contributed by atoms with Crippen LogP contribution >= 0.6 is 0 Å². The molecule has 0 unspecified atom stereocenters. The van der Waals surface area contributed by atoms with Crippen molar-refractivity contribution in [3.05, 3.63) is 29.8 Å². The van der Waals surface area contributed by atoms with Crippen molar-refractivity contribution < 1.29 is 9.13 Å². The van der Waals surface area contributed by atoms with E-state index in [0.29, 0.717) is 0 Å². The lowest BCUT2D eigenvalue weighted by Crippen LogP contribution is -2.70. The number of alkyl halides is 1. The Morgan fingerprint density at radius 3 is 2.57 bits per heavy atom. The molecule has 3 nitrogen and oxygen atoms in total. The van der Waals surface area contributed by atoms with Gasteiger partial charge in [0.1, 0.15) is 5.75 Å². The number of hydrogen-bond donors (Lipinski definition) is 0. The number of aliphatic imine (C=N–C) groups is 1. The molecule has 3 rings (SSSR count). The van der Waals surface area contributed by atoms with Gasteiger partial charge in [-0.25, -0.2) is 4.39 Å². The molecule has 4 heteroatoms. The summed E-state index contributed by atoms with van der Waals surface area (Å²) in [6, 6.07) is 8.12. The number of rotatable bonds is 3. The van der Waals surface area contributed by atoms with Crippen molar-refractivity contribution >= 4 is 5.71 Å². The second kappa shape index (κ2) is 5.90. The van der Waals surface area contributed by atoms with E-state index in [9.17, 15) is 0 Å². The van der Waals surface area contributed by atoms with Gasteiger partial charge in [0, 0.05) is 31.3 Å². The fourth-order valence-corrected chi connectivity index (χ4v) is 4.48. The van der Waals surface area contributed by atoms with Crippen LogP contribution in [0.4, 0.5) is 4.39 Å². The van der Waals surface area contributed by atoms with Crippen LogP contribution in [-0.4, -0.2) is 42.0 Å². The summed E-state index contributed by atoms with van der Waals surface area (Å²) < 4.78 is 20.4. The zero-order chi connectivity index (χ0) is 16.7. The van der Waals surface area contributed by atoms with E-state index in [-0.39, 0.29) is 5.54 Å². The zero-order valence-corrected chi connectivity index (χ0v) is 14.6. The summed E-state index contributed by atoms with van der Waals surface area (Å²) in [5.74, 6) is 0.855. The van der Waals surface area contributed by atoms with Crippen molar-refractivity contribution in [3.63, 3.8) is 0 Å². The summed E-state index contributed by atoms with van der Waals surface area (Å²) in [7, 11) is 3.40. The predicted molar refractivity (Wildman–Crippen MR) is 92.1 cm³/mol. The smallest absolute Gasteiger partial charge is 0.156 e. The van der Waals surface area contributed by atoms with Gasteiger partial charge in [-0.05, 0) is 50.8 Å². The maximum absolute atomic E-state index is 15.2. The van der Waals surface area contributed by atoms with Crippen LogP contribution in [0.3, 0.4) is 0 Å². The molecule has 2 aliphatic rings. The number of methoxy groups -OCH3 is 1. The van der Waals surface area contributed by atoms with E-state index in [1.807, 2.05) is 12.1 Å². The number of hydrogen-bond acceptors (Lipinski definition) is 3. The Kier molecular flexibility index (Phi) is 4.21. The van der Waals surface area contributed by atoms with E-state index >= 15 is 4.39 Å². The predicted octanol–water partition coefficient (Wildman–Crippen LogP) is 4.01. The minimum atomic E-state index is -0.973. The molecule has 0 saturated carbocycles. The van der Waals surface area contributed by atoms with E-state index in [1.54, 1.807) is 14.2 Å². The highest BCUT2D eigenvalue weighted by atomic mass is 19.1. The fraction of sp³-hybridized carbons (Fsp3) is 0.632. The molecule has 3 atom stereocenters. The maximum Gasteiger partial charge on any atom is 0.156 e. The normalized spacial score (nSPS) is 36.2. The quantitative estimate of drug-likeness (QED) is 0.841. The van der Waals surface area contributed by atoms with Crippen LogP contribution in [0, 0.1) is 0 Å². The maximum atomic E-state index is 15.2. The van der Waals surface area contributed by atoms with Crippen LogP contribution in [0.25, 0.3) is 0 Å². The molecule has 2 saturated heterocycles. The number of halogens is 1. The average molecular weight is 318 g/mol. The van der Waals surface area contributed by atoms with Gasteiger partial charge in [-0.1, -0.05) is 12.1 Å². The first-order valence-corrected chi connectivity index (χ1v) is 8.43. The van der Waals surface area contributed by atoms with Crippen LogP contribution in [-0.2, 0) is 6.54 Å². The van der Waals surface area contributed by atoms with Gasteiger partial charge < -0.3 is 4.74 Å². The Morgan fingerprint density at radius 2 is 1.96 bits per heavy atom. The van der Waals surface area contributed by atoms with E-state index in [2.05, 4.69) is 35.9 Å². The van der Waals surface area contributed by atoms with Crippen LogP contribution in [0.5, 0.6) is 5.75 Å². The molecule has 0 aromatic heterocycles. The topological polar surface area (TPSA) is 24.8 Å². The summed E-state index contributed by atoms with van der Waals surface area (Å²) >= 11 is 0. The number of piperidine rings is 2. The van der Waals surface area contributed by atoms with Crippen LogP contribution in [0.15, 0.2) is 29.3 Å². The third-order valence-corrected chi connectivity index (χ3v) is 5.85. The van der Waals surface area contributed by atoms with Crippen molar-refractivity contribution in [2.24, 2.45) is 4.99 Å². The van der Waals surface area contributed by atoms with Gasteiger partial charge in [0.15, 0.2) is 6.17 Å². The third kappa shape index (κ3) is 2.67. The SMILES string of the molecule is C/N=C1\C[C@]2(C)CCC[C@](C)([C@H]1F)N2Cc1ccc(OC)cc1. The van der Waals surface area contributed by atoms with E-state index in [4.69, 9.17) is 4.74 Å². The van der Waals surface area contributed by atoms with Gasteiger partial charge in [-0.15, -0.1) is 0 Å². The lowest BCUT2D eigenvalue weighted by atomic mass is 9.67. The van der Waals surface area contributed by atoms with Gasteiger partial charge in [-0.3, -0.25) is 9.89 Å². The molecule has 2 heterocycles. The molecule has 0 amide bonds. The lowest BCUT2D eigenvalue weighted by Gasteiger charge is -2.60. The summed E-state index contributed by atoms with van der Waals surface area (Å²) in [6.07, 6.45) is 2.84. The monoisotopic (exact) mass is 318 g/mol. The Hall–Kier alpha value is -1.42. The molecular formula is C19H27FN2O. The van der Waals surface area contributed by atoms with Crippen molar-refractivity contribution in [2.75, 3.05) is 14.2 Å². The Morgan fingerprint density at radius 1 is 1.26 bits per heavy atom. The molecule has 1 aromatic carbocycles. The zero-order valence-electron chi connectivity index (χ0n) is 14.6. The largest absolute Gasteiger partial charge is 0.497 e. The summed E-state index contributed by atoms with van der Waals surface area (Å²) in [5, 5.41) is 0. The standard InChI is InChI=1S/C19H27FN2O/c1-18-10-5-11-19(2,17(20)16(12-18)21-3)22(18)13-14-6-8-15(23-4)9-7-14/h6-9,17H,5,10-13H2,1-4H3/b21-16+/t17-,18-,19+/m0/s1. The minimum Gasteiger partial charge on any atom is -0.497 e. The number of nitrogens with zero attached hydrogens (tertiary/aromatic N) is 2. The molecule has 1 aromatic rings. The first-order chi connectivity index (χ1) is 10.9. The highest BCUT2D eigenvalue weighted by molar-refractivity contribution is 5.92. The molecule has 0 spiro atoms. The van der Waals surface area contributed by atoms with Gasteiger partial charge >= 0.3 is 0 Å². The molecule has 23 heavy (non-hydrogen) atoms. The minimum absolute atomic E-state index is 0.00956. The second-order valence-electron chi connectivity index (χ2n) is 7.40. The van der Waals surface area contributed by atoms with E-state index < -0.39 is 11.7 Å². The summed E-state index contributed by atoms with van der Waals surface area (Å²) in [5.41, 5.74) is 1.47. The van der Waals surface area contributed by atoms with Crippen molar-refractivity contribution in [1.29, 1.82) is 0 Å². The van der Waals surface area contributed by atoms with E-state index in [1.165, 1.54) is 5.56 Å². The first kappa shape index (κ1) is 16.4. The number of benzene rings is 1. The summed E-state index contributed by atoms with van der Waals surface area (Å²) in [4.78, 5) is 6.66. The lowest BCUT2D eigenvalue weighted by molar-refractivity contribution is -0.0902. The highest BCUT2D eigenvalue weighted by Gasteiger charge is 2.56. The van der Waals surface area contributed by atoms with Gasteiger partial charge in [0.2, 0.25) is 0 Å². The molecule has 2 fully saturated rings. The Labute approximate surface area is 138 Å². The Bertz CT molecular complexity index is 600. The second-order valence-corrected chi connectivity index (χ2v) is 7.40. The molecule has 0 radical (unpaired) electrons. The number of fused-ring (bicyclic) bond motifs is 2. The van der Waals surface area contributed by atoms with Crippen molar-refractivity contribution in [1.82, 2.24) is 4.90 Å². The first-order valence-electron chi connectivity index (χ1n) is 8.43. The average Bonchev–Trinajstić information content (AvgIpc) is 2.55. The molecule has 2 bridgehead atoms. The van der Waals surface area contributed by atoms with Crippen molar-refractivity contribution in [3.8, 4) is 5.75 Å². The van der Waals surface area contributed by atoms with E-state index in [0.717, 1.165) is 43.7 Å². The summed E-state index contributed by atoms with van der Waals surface area (Å²) in [6.45, 7) is 5.11.